The Bertz CT molecular complexity index is 1670. The molecule has 5 heterocycles. The quantitative estimate of drug-likeness (QED) is 0.317. The van der Waals surface area contributed by atoms with Crippen LogP contribution in [-0.2, 0) is 14.3 Å². The summed E-state index contributed by atoms with van der Waals surface area (Å²) in [6, 6.07) is -0.0102. The van der Waals surface area contributed by atoms with Crippen LogP contribution in [0.5, 0.6) is 0 Å². The highest BCUT2D eigenvalue weighted by atomic mass is 19.1. The zero-order valence-corrected chi connectivity index (χ0v) is 23.3. The van der Waals surface area contributed by atoms with Crippen molar-refractivity contribution in [3.8, 4) is 0 Å². The number of aromatic carboxylic acids is 1. The molecular formula is C28H30FN5O9. The SMILES string of the molecule is CC1C(COC(=O)NC2CCN(c3nc4c(cc3F)c(=O)c(C(=O)O)cn4C3CC3)C2)=C(C(=O)O)N2C(=O)[C@H]([C@H](C)O)[C@H]12. The van der Waals surface area contributed by atoms with E-state index in [0.717, 1.165) is 23.8 Å². The van der Waals surface area contributed by atoms with E-state index in [4.69, 9.17) is 4.74 Å². The molecule has 2 aromatic heterocycles. The molecular weight excluding hydrogens is 569 g/mol. The van der Waals surface area contributed by atoms with Crippen LogP contribution in [0.1, 0.15) is 49.5 Å². The van der Waals surface area contributed by atoms with E-state index in [0.29, 0.717) is 13.0 Å². The van der Waals surface area contributed by atoms with E-state index >= 15 is 4.39 Å². The van der Waals surface area contributed by atoms with E-state index in [-0.39, 0.29) is 47.3 Å². The number of halogens is 1. The van der Waals surface area contributed by atoms with Crippen molar-refractivity contribution in [3.05, 3.63) is 45.1 Å². The highest BCUT2D eigenvalue weighted by molar-refractivity contribution is 6.00. The highest BCUT2D eigenvalue weighted by Gasteiger charge is 2.59. The van der Waals surface area contributed by atoms with Crippen molar-refractivity contribution < 1.29 is 43.6 Å². The van der Waals surface area contributed by atoms with Crippen LogP contribution in [0.25, 0.3) is 11.0 Å². The summed E-state index contributed by atoms with van der Waals surface area (Å²) in [7, 11) is 0. The number of aliphatic hydroxyl groups is 1. The van der Waals surface area contributed by atoms with E-state index in [1.807, 2.05) is 0 Å². The summed E-state index contributed by atoms with van der Waals surface area (Å²) in [6.07, 6.45) is 1.46. The molecule has 0 spiro atoms. The summed E-state index contributed by atoms with van der Waals surface area (Å²) in [4.78, 5) is 68.6. The second-order valence-corrected chi connectivity index (χ2v) is 11.6. The number of β-lactam (4-membered cyclic amide) rings is 1. The number of carbonyl (C=O) groups excluding carboxylic acids is 2. The minimum absolute atomic E-state index is 0.0278. The van der Waals surface area contributed by atoms with Crippen LogP contribution in [-0.4, -0.2) is 91.6 Å². The number of carboxylic acid groups (broad SMARTS) is 2. The Hall–Kier alpha value is -4.53. The second-order valence-electron chi connectivity index (χ2n) is 11.6. The first-order chi connectivity index (χ1) is 20.4. The van der Waals surface area contributed by atoms with Gasteiger partial charge in [-0.2, -0.15) is 0 Å². The Labute approximate surface area is 243 Å². The van der Waals surface area contributed by atoms with Gasteiger partial charge in [-0.05, 0) is 32.3 Å². The molecule has 43 heavy (non-hydrogen) atoms. The van der Waals surface area contributed by atoms with Gasteiger partial charge < -0.3 is 39.7 Å². The van der Waals surface area contributed by atoms with E-state index in [9.17, 15) is 39.3 Å². The molecule has 2 amide bonds. The van der Waals surface area contributed by atoms with Gasteiger partial charge in [-0.3, -0.25) is 9.59 Å². The number of aliphatic hydroxyl groups excluding tert-OH is 1. The third-order valence-electron chi connectivity index (χ3n) is 8.80. The molecule has 2 aromatic rings. The summed E-state index contributed by atoms with van der Waals surface area (Å²) in [5.41, 5.74) is -1.03. The number of pyridine rings is 2. The fourth-order valence-electron chi connectivity index (χ4n) is 6.50. The Balaban J connectivity index is 1.14. The van der Waals surface area contributed by atoms with Crippen LogP contribution in [0.4, 0.5) is 15.0 Å². The molecule has 2 saturated heterocycles. The number of rotatable bonds is 8. The number of ether oxygens (including phenoxy) is 1. The third kappa shape index (κ3) is 4.67. The molecule has 4 aliphatic rings. The lowest BCUT2D eigenvalue weighted by Gasteiger charge is -2.46. The number of alkyl carbamates (subject to hydrolysis) is 1. The number of amides is 2. The monoisotopic (exact) mass is 599 g/mol. The average molecular weight is 600 g/mol. The van der Waals surface area contributed by atoms with Crippen LogP contribution in [0.3, 0.4) is 0 Å². The number of aromatic nitrogens is 2. The topological polar surface area (TPSA) is 192 Å². The minimum Gasteiger partial charge on any atom is -0.477 e. The van der Waals surface area contributed by atoms with E-state index in [2.05, 4.69) is 10.3 Å². The highest BCUT2D eigenvalue weighted by Crippen LogP contribution is 2.47. The lowest BCUT2D eigenvalue weighted by Crippen LogP contribution is -2.63. The van der Waals surface area contributed by atoms with E-state index in [1.54, 1.807) is 16.4 Å². The lowest BCUT2D eigenvalue weighted by molar-refractivity contribution is -0.163. The summed E-state index contributed by atoms with van der Waals surface area (Å²) in [6.45, 7) is 3.32. The number of aliphatic carboxylic acids is 1. The molecule has 15 heteroatoms. The predicted molar refractivity (Wildman–Crippen MR) is 146 cm³/mol. The van der Waals surface area contributed by atoms with Gasteiger partial charge >= 0.3 is 18.0 Å². The zero-order chi connectivity index (χ0) is 30.9. The molecule has 1 aliphatic carbocycles. The molecule has 0 aromatic carbocycles. The maximum atomic E-state index is 15.2. The molecule has 0 radical (unpaired) electrons. The van der Waals surface area contributed by atoms with Crippen LogP contribution in [0, 0.1) is 17.7 Å². The van der Waals surface area contributed by atoms with Crippen molar-refractivity contribution in [2.24, 2.45) is 11.8 Å². The number of hydrogen-bond acceptors (Lipinski definition) is 9. The number of carboxylic acids is 2. The van der Waals surface area contributed by atoms with Crippen molar-refractivity contribution in [1.82, 2.24) is 19.8 Å². The van der Waals surface area contributed by atoms with Crippen molar-refractivity contribution in [2.45, 2.75) is 57.3 Å². The lowest BCUT2D eigenvalue weighted by atomic mass is 9.78. The Morgan fingerprint density at radius 3 is 2.53 bits per heavy atom. The van der Waals surface area contributed by atoms with Crippen LogP contribution < -0.4 is 15.6 Å². The Morgan fingerprint density at radius 1 is 1.19 bits per heavy atom. The Kier molecular flexibility index (Phi) is 6.86. The number of carbonyl (C=O) groups is 4. The molecule has 3 aliphatic heterocycles. The molecule has 2 unspecified atom stereocenters. The van der Waals surface area contributed by atoms with Gasteiger partial charge in [-0.1, -0.05) is 6.92 Å². The van der Waals surface area contributed by atoms with E-state index < -0.39 is 70.8 Å². The van der Waals surface area contributed by atoms with Gasteiger partial charge in [-0.15, -0.1) is 0 Å². The van der Waals surface area contributed by atoms with E-state index in [1.165, 1.54) is 13.1 Å². The number of anilines is 1. The number of fused-ring (bicyclic) bond motifs is 2. The van der Waals surface area contributed by atoms with Gasteiger partial charge in [0.1, 0.15) is 23.5 Å². The number of hydrogen-bond donors (Lipinski definition) is 4. The largest absolute Gasteiger partial charge is 0.477 e. The van der Waals surface area contributed by atoms with Crippen molar-refractivity contribution in [3.63, 3.8) is 0 Å². The Morgan fingerprint density at radius 2 is 1.91 bits per heavy atom. The molecule has 228 valence electrons. The maximum Gasteiger partial charge on any atom is 0.407 e. The van der Waals surface area contributed by atoms with Crippen molar-refractivity contribution in [1.29, 1.82) is 0 Å². The fourth-order valence-corrected chi connectivity index (χ4v) is 6.50. The second kappa shape index (κ2) is 10.3. The summed E-state index contributed by atoms with van der Waals surface area (Å²) >= 11 is 0. The first-order valence-corrected chi connectivity index (χ1v) is 14.0. The molecule has 0 bridgehead atoms. The van der Waals surface area contributed by atoms with Gasteiger partial charge in [0.05, 0.1) is 29.5 Å². The first kappa shape index (κ1) is 28.6. The van der Waals surface area contributed by atoms with Crippen molar-refractivity contribution >= 4 is 40.8 Å². The normalized spacial score (nSPS) is 25.5. The molecule has 1 saturated carbocycles. The number of nitrogens with one attached hydrogen (secondary N) is 1. The smallest absolute Gasteiger partial charge is 0.407 e. The van der Waals surface area contributed by atoms with Gasteiger partial charge in [0.15, 0.2) is 11.6 Å². The van der Waals surface area contributed by atoms with Gasteiger partial charge in [0.25, 0.3) is 0 Å². The predicted octanol–water partition coefficient (Wildman–Crippen LogP) is 1.07. The van der Waals surface area contributed by atoms with Gasteiger partial charge in [0.2, 0.25) is 11.3 Å². The molecule has 4 N–H and O–H groups in total. The summed E-state index contributed by atoms with van der Waals surface area (Å²) in [5.74, 6) is -5.21. The van der Waals surface area contributed by atoms with Gasteiger partial charge in [0, 0.05) is 36.8 Å². The van der Waals surface area contributed by atoms with Crippen LogP contribution >= 0.6 is 0 Å². The molecule has 6 rings (SSSR count). The van der Waals surface area contributed by atoms with Crippen LogP contribution in [0.15, 0.2) is 28.3 Å². The van der Waals surface area contributed by atoms with Crippen LogP contribution in [0.2, 0.25) is 0 Å². The molecule has 14 nitrogen and oxygen atoms in total. The molecule has 3 fully saturated rings. The first-order valence-electron chi connectivity index (χ1n) is 14.0. The number of nitrogens with zero attached hydrogens (tertiary/aromatic N) is 4. The summed E-state index contributed by atoms with van der Waals surface area (Å²) in [5, 5.41) is 31.7. The average Bonchev–Trinajstić information content (AvgIpc) is 3.62. The standard InChI is InChI=1S/C28H30FN5O9/c1-11-17(21(27(40)41)34-20(11)19(12(2)35)25(34)37)10-43-28(42)30-13-5-6-32(8-13)24-18(29)7-15-22(36)16(26(38)39)9-33(14-3-4-14)23(15)31-24/h7,9,11-14,19-20,35H,3-6,8,10H2,1-2H3,(H,30,42)(H,38,39)(H,40,41)/t11?,12-,13?,19+,20-/m0/s1. The fraction of sp³-hybridized carbons (Fsp3) is 0.500. The maximum absolute atomic E-state index is 15.2. The molecule has 5 atom stereocenters. The van der Waals surface area contributed by atoms with Crippen molar-refractivity contribution in [2.75, 3.05) is 24.6 Å². The third-order valence-corrected chi connectivity index (χ3v) is 8.80. The van der Waals surface area contributed by atoms with Gasteiger partial charge in [-0.25, -0.2) is 23.8 Å². The minimum atomic E-state index is -1.40. The zero-order valence-electron chi connectivity index (χ0n) is 23.3. The summed E-state index contributed by atoms with van der Waals surface area (Å²) < 4.78 is 22.2.